The van der Waals surface area contributed by atoms with Gasteiger partial charge in [0.1, 0.15) is 5.76 Å². The first-order valence-corrected chi connectivity index (χ1v) is 1.81. The van der Waals surface area contributed by atoms with Gasteiger partial charge in [-0.1, -0.05) is 0 Å². The first-order chi connectivity index (χ1) is 2.81. The van der Waals surface area contributed by atoms with Crippen LogP contribution in [0.2, 0.25) is 0 Å². The maximum absolute atomic E-state index is 4.71. The maximum atomic E-state index is 4.71. The van der Waals surface area contributed by atoms with Crippen molar-refractivity contribution in [3.63, 3.8) is 0 Å². The van der Waals surface area contributed by atoms with Crippen LogP contribution >= 0.6 is 0 Å². The van der Waals surface area contributed by atoms with Crippen LogP contribution in [0.5, 0.6) is 0 Å². The topological polar surface area (TPSA) is 35.2 Å². The Hall–Kier alpha value is -0.500. The van der Waals surface area contributed by atoms with Gasteiger partial charge in [0.15, 0.2) is 0 Å². The van der Waals surface area contributed by atoms with Crippen molar-refractivity contribution in [2.24, 2.45) is 5.90 Å². The Morgan fingerprint density at radius 2 is 2.33 bits per heavy atom. The fourth-order valence-electron chi connectivity index (χ4n) is 0.0680. The number of rotatable bonds is 1. The summed E-state index contributed by atoms with van der Waals surface area (Å²) in [6, 6.07) is 0. The Morgan fingerprint density at radius 3 is 2.33 bits per heavy atom. The minimum atomic E-state index is 0.745. The van der Waals surface area contributed by atoms with Gasteiger partial charge in [0, 0.05) is 0 Å². The highest BCUT2D eigenvalue weighted by molar-refractivity contribution is 4.82. The van der Waals surface area contributed by atoms with Crippen LogP contribution in [0, 0.1) is 0 Å². The van der Waals surface area contributed by atoms with Crippen molar-refractivity contribution >= 4 is 0 Å². The van der Waals surface area contributed by atoms with Crippen molar-refractivity contribution in [2.75, 3.05) is 0 Å². The summed E-state index contributed by atoms with van der Waals surface area (Å²) in [6.45, 7) is 3.65. The number of hydrogen-bond donors (Lipinski definition) is 1. The fraction of sp³-hybridized carbons (Fsp3) is 0.500. The molecule has 0 fully saturated rings. The standard InChI is InChI=1S/C4H9NO/c1-3-4(2)6-5/h3H,5H2,1-2H3. The summed E-state index contributed by atoms with van der Waals surface area (Å²) in [7, 11) is 0. The summed E-state index contributed by atoms with van der Waals surface area (Å²) in [5.41, 5.74) is 0. The van der Waals surface area contributed by atoms with E-state index in [1.165, 1.54) is 0 Å². The SMILES string of the molecule is CC=C(C)ON. The zero-order valence-electron chi connectivity index (χ0n) is 4.06. The van der Waals surface area contributed by atoms with Crippen LogP contribution < -0.4 is 5.90 Å². The minimum Gasteiger partial charge on any atom is -0.417 e. The average Bonchev–Trinajstić information content (AvgIpc) is 1.65. The van der Waals surface area contributed by atoms with Gasteiger partial charge in [0.2, 0.25) is 0 Å². The van der Waals surface area contributed by atoms with E-state index in [4.69, 9.17) is 5.90 Å². The van der Waals surface area contributed by atoms with E-state index in [9.17, 15) is 0 Å². The van der Waals surface area contributed by atoms with Crippen molar-refractivity contribution in [3.8, 4) is 0 Å². The molecular formula is C4H9NO. The van der Waals surface area contributed by atoms with E-state index in [0.717, 1.165) is 5.76 Å². The molecule has 0 aromatic rings. The predicted molar refractivity (Wildman–Crippen MR) is 24.7 cm³/mol. The van der Waals surface area contributed by atoms with Crippen LogP contribution in [0.15, 0.2) is 11.8 Å². The Bertz CT molecular complexity index is 58.6. The lowest BCUT2D eigenvalue weighted by atomic mass is 10.5. The summed E-state index contributed by atoms with van der Waals surface area (Å²) in [6.07, 6.45) is 1.79. The van der Waals surface area contributed by atoms with Crippen LogP contribution in [0.3, 0.4) is 0 Å². The number of nitrogens with two attached hydrogens (primary N) is 1. The Balaban J connectivity index is 3.22. The van der Waals surface area contributed by atoms with Crippen LogP contribution in [0.25, 0.3) is 0 Å². The molecule has 0 saturated heterocycles. The molecule has 0 amide bonds. The molecule has 6 heavy (non-hydrogen) atoms. The largest absolute Gasteiger partial charge is 0.417 e. The van der Waals surface area contributed by atoms with Crippen molar-refractivity contribution in [1.29, 1.82) is 0 Å². The fourth-order valence-corrected chi connectivity index (χ4v) is 0.0680. The van der Waals surface area contributed by atoms with Crippen LogP contribution in [0.1, 0.15) is 13.8 Å². The lowest BCUT2D eigenvalue weighted by Gasteiger charge is -1.90. The van der Waals surface area contributed by atoms with Gasteiger partial charge >= 0.3 is 0 Å². The molecule has 0 aliphatic rings. The third-order valence-corrected chi connectivity index (χ3v) is 0.592. The summed E-state index contributed by atoms with van der Waals surface area (Å²) in [4.78, 5) is 4.26. The average molecular weight is 87.1 g/mol. The van der Waals surface area contributed by atoms with E-state index >= 15 is 0 Å². The van der Waals surface area contributed by atoms with Gasteiger partial charge in [0.05, 0.1) is 0 Å². The minimum absolute atomic E-state index is 0.745. The number of hydrogen-bond acceptors (Lipinski definition) is 2. The molecule has 0 bridgehead atoms. The zero-order chi connectivity index (χ0) is 4.99. The molecule has 2 nitrogen and oxygen atoms in total. The second kappa shape index (κ2) is 2.72. The Morgan fingerprint density at radius 1 is 1.83 bits per heavy atom. The van der Waals surface area contributed by atoms with Crippen molar-refractivity contribution in [3.05, 3.63) is 11.8 Å². The van der Waals surface area contributed by atoms with Crippen molar-refractivity contribution in [1.82, 2.24) is 0 Å². The van der Waals surface area contributed by atoms with Crippen LogP contribution in [-0.2, 0) is 4.84 Å². The highest BCUT2D eigenvalue weighted by Gasteiger charge is 1.73. The van der Waals surface area contributed by atoms with Crippen molar-refractivity contribution in [2.45, 2.75) is 13.8 Å². The molecule has 0 unspecified atom stereocenters. The third-order valence-electron chi connectivity index (χ3n) is 0.592. The first-order valence-electron chi connectivity index (χ1n) is 1.81. The zero-order valence-corrected chi connectivity index (χ0v) is 4.06. The second-order valence-electron chi connectivity index (χ2n) is 1.02. The Labute approximate surface area is 37.6 Å². The van der Waals surface area contributed by atoms with Gasteiger partial charge in [-0.25, -0.2) is 0 Å². The molecule has 0 heterocycles. The van der Waals surface area contributed by atoms with E-state index < -0.39 is 0 Å². The second-order valence-corrected chi connectivity index (χ2v) is 1.02. The predicted octanol–water partition coefficient (Wildman–Crippen LogP) is 0.800. The van der Waals surface area contributed by atoms with Gasteiger partial charge in [-0.3, -0.25) is 0 Å². The normalized spacial score (nSPS) is 11.5. The van der Waals surface area contributed by atoms with Gasteiger partial charge in [-0.05, 0) is 19.9 Å². The van der Waals surface area contributed by atoms with Gasteiger partial charge in [-0.2, -0.15) is 5.90 Å². The molecular weight excluding hydrogens is 78.0 g/mol. The lowest BCUT2D eigenvalue weighted by molar-refractivity contribution is 0.222. The van der Waals surface area contributed by atoms with E-state index in [0.29, 0.717) is 0 Å². The first kappa shape index (κ1) is 5.50. The Kier molecular flexibility index (Phi) is 2.50. The van der Waals surface area contributed by atoms with Crippen molar-refractivity contribution < 1.29 is 4.84 Å². The number of allylic oxidation sites excluding steroid dienone is 2. The molecule has 2 N–H and O–H groups in total. The van der Waals surface area contributed by atoms with E-state index in [1.54, 1.807) is 13.0 Å². The molecule has 0 rings (SSSR count). The molecule has 0 radical (unpaired) electrons. The molecule has 0 spiro atoms. The highest BCUT2D eigenvalue weighted by atomic mass is 16.6. The molecule has 0 aliphatic carbocycles. The summed E-state index contributed by atoms with van der Waals surface area (Å²) >= 11 is 0. The summed E-state index contributed by atoms with van der Waals surface area (Å²) in [5, 5.41) is 0. The van der Waals surface area contributed by atoms with E-state index in [-0.39, 0.29) is 0 Å². The van der Waals surface area contributed by atoms with Crippen LogP contribution in [-0.4, -0.2) is 0 Å². The van der Waals surface area contributed by atoms with E-state index in [2.05, 4.69) is 4.84 Å². The molecule has 0 saturated carbocycles. The summed E-state index contributed by atoms with van der Waals surface area (Å²) < 4.78 is 0. The molecule has 0 aromatic carbocycles. The van der Waals surface area contributed by atoms with Gasteiger partial charge in [0.25, 0.3) is 0 Å². The lowest BCUT2D eigenvalue weighted by Crippen LogP contribution is -1.93. The monoisotopic (exact) mass is 87.1 g/mol. The molecule has 0 aliphatic heterocycles. The van der Waals surface area contributed by atoms with Gasteiger partial charge in [-0.15, -0.1) is 0 Å². The molecule has 0 atom stereocenters. The van der Waals surface area contributed by atoms with Crippen LogP contribution in [0.4, 0.5) is 0 Å². The molecule has 2 heteroatoms. The maximum Gasteiger partial charge on any atom is 0.116 e. The van der Waals surface area contributed by atoms with Gasteiger partial charge < -0.3 is 4.84 Å². The third kappa shape index (κ3) is 1.79. The highest BCUT2D eigenvalue weighted by Crippen LogP contribution is 1.84. The molecule has 0 aromatic heterocycles. The summed E-state index contributed by atoms with van der Waals surface area (Å²) in [5.74, 6) is 5.46. The smallest absolute Gasteiger partial charge is 0.116 e. The quantitative estimate of drug-likeness (QED) is 0.379. The molecule has 36 valence electrons. The van der Waals surface area contributed by atoms with E-state index in [1.807, 2.05) is 6.92 Å².